The van der Waals surface area contributed by atoms with E-state index in [4.69, 9.17) is 11.5 Å². The Labute approximate surface area is 837 Å². The van der Waals surface area contributed by atoms with E-state index in [2.05, 4.69) is 88.4 Å². The van der Waals surface area contributed by atoms with E-state index in [0.29, 0.717) is 96.6 Å². The molecular formula is C98H144N20O22S2. The van der Waals surface area contributed by atoms with Crippen molar-refractivity contribution in [2.75, 3.05) is 92.2 Å². The fraction of sp³-hybridized carbons (Fsp3) is 0.633. The quantitative estimate of drug-likeness (QED) is 0.0280. The van der Waals surface area contributed by atoms with E-state index in [-0.39, 0.29) is 146 Å². The smallest absolute Gasteiger partial charge is 0.248 e. The third kappa shape index (κ3) is 33.2. The summed E-state index contributed by atoms with van der Waals surface area (Å²) in [6.45, 7) is 3.38. The average Bonchev–Trinajstić information content (AvgIpc) is 1.68. The van der Waals surface area contributed by atoms with E-state index >= 15 is 0 Å². The van der Waals surface area contributed by atoms with Gasteiger partial charge in [0.1, 0.15) is 73.6 Å². The number of hydrogen-bond donors (Lipinski definition) is 18. The molecule has 8 heterocycles. The number of H-pyrrole nitrogens is 2. The van der Waals surface area contributed by atoms with E-state index in [1.54, 1.807) is 19.3 Å². The van der Waals surface area contributed by atoms with Crippen LogP contribution < -0.4 is 64.6 Å². The number of ketones is 4. The highest BCUT2D eigenvalue weighted by Gasteiger charge is 2.45. The number of likely N-dealkylation sites (tertiary alicyclic amines) is 4. The number of aromatic nitrogens is 2. The Morgan fingerprint density at radius 1 is 0.401 bits per heavy atom. The van der Waals surface area contributed by atoms with Gasteiger partial charge in [0, 0.05) is 109 Å². The van der Waals surface area contributed by atoms with Crippen molar-refractivity contribution in [2.45, 2.75) is 291 Å². The minimum atomic E-state index is -1.62. The molecule has 42 nitrogen and oxygen atoms in total. The molecule has 6 aliphatic rings. The summed E-state index contributed by atoms with van der Waals surface area (Å²) in [5.41, 5.74) is 14.5. The Bertz CT molecular complexity index is 5130. The zero-order valence-corrected chi connectivity index (χ0v) is 83.9. The molecule has 18 N–H and O–H groups in total. The number of carbonyl (C=O) groups excluding carboxylic acids is 20. The lowest BCUT2D eigenvalue weighted by atomic mass is 9.89. The summed E-state index contributed by atoms with van der Waals surface area (Å²) in [5, 5.41) is 47.9. The monoisotopic (exact) mass is 2020 g/mol. The summed E-state index contributed by atoms with van der Waals surface area (Å²) in [6, 6.07) is -1.52. The van der Waals surface area contributed by atoms with Crippen molar-refractivity contribution in [1.82, 2.24) is 92.5 Å². The van der Waals surface area contributed by atoms with Crippen molar-refractivity contribution in [3.63, 3.8) is 0 Å². The van der Waals surface area contributed by atoms with Gasteiger partial charge in [0.15, 0.2) is 23.1 Å². The van der Waals surface area contributed by atoms with Crippen molar-refractivity contribution in [3.8, 4) is 0 Å². The normalized spacial score (nSPS) is 26.2. The molecule has 780 valence electrons. The molecule has 0 bridgehead atoms. The van der Waals surface area contributed by atoms with Gasteiger partial charge >= 0.3 is 0 Å². The fourth-order valence-electron chi connectivity index (χ4n) is 19.2. The van der Waals surface area contributed by atoms with Crippen LogP contribution in [0.2, 0.25) is 0 Å². The first kappa shape index (κ1) is 114. The first-order valence-corrected chi connectivity index (χ1v) is 50.8. The number of Topliss-reactive ketones (excluding diaryl/α,β-unsaturated/α-hetero) is 4. The van der Waals surface area contributed by atoms with Crippen molar-refractivity contribution >= 4 is 165 Å². The number of aliphatic hydroxyl groups excluding tert-OH is 2. The van der Waals surface area contributed by atoms with Crippen molar-refractivity contribution in [2.24, 2.45) is 23.3 Å². The number of rotatable bonds is 26. The number of amides is 16. The molecule has 142 heavy (non-hydrogen) atoms. The van der Waals surface area contributed by atoms with Gasteiger partial charge in [-0.25, -0.2) is 0 Å². The highest BCUT2D eigenvalue weighted by Crippen LogP contribution is 2.30. The second-order valence-corrected chi connectivity index (χ2v) is 39.2. The van der Waals surface area contributed by atoms with E-state index in [1.165, 1.54) is 26.5 Å². The third-order valence-electron chi connectivity index (χ3n) is 27.2. The molecule has 10 rings (SSSR count). The molecule has 2 aromatic heterocycles. The lowest BCUT2D eigenvalue weighted by molar-refractivity contribution is -0.143. The average molecular weight is 2020 g/mol. The first-order valence-electron chi connectivity index (χ1n) is 49.6. The molecule has 6 fully saturated rings. The topological polar surface area (TPSA) is 605 Å². The summed E-state index contributed by atoms with van der Waals surface area (Å²) in [6.07, 6.45) is 9.54. The number of thiol groups is 2. The Hall–Kier alpha value is -11.7. The summed E-state index contributed by atoms with van der Waals surface area (Å²) >= 11 is 8.76. The number of carbonyl (C=O) groups is 20. The highest BCUT2D eigenvalue weighted by atomic mass is 32.1. The molecule has 2 aromatic carbocycles. The Kier molecular flexibility index (Phi) is 45.2. The summed E-state index contributed by atoms with van der Waals surface area (Å²) in [4.78, 5) is 290. The lowest BCUT2D eigenvalue weighted by Gasteiger charge is -2.30. The maximum Gasteiger partial charge on any atom is 0.248 e. The van der Waals surface area contributed by atoms with Gasteiger partial charge in [0.2, 0.25) is 94.5 Å². The van der Waals surface area contributed by atoms with Gasteiger partial charge < -0.3 is 114 Å². The molecule has 0 radical (unpaired) electrons. The van der Waals surface area contributed by atoms with E-state index in [9.17, 15) is 106 Å². The number of aromatic amines is 2. The van der Waals surface area contributed by atoms with Gasteiger partial charge in [0.05, 0.1) is 37.0 Å². The Balaban J connectivity index is 0.000000317. The molecule has 16 atom stereocenters. The van der Waals surface area contributed by atoms with Gasteiger partial charge in [-0.2, -0.15) is 25.3 Å². The number of primary amides is 2. The molecule has 2 unspecified atom stereocenters. The molecular weight excluding hydrogens is 1870 g/mol. The second-order valence-electron chi connectivity index (χ2n) is 38.4. The van der Waals surface area contributed by atoms with Crippen LogP contribution in [0.4, 0.5) is 0 Å². The predicted octanol–water partition coefficient (Wildman–Crippen LogP) is -0.451. The number of nitrogens with zero attached hydrogens (tertiary/aromatic N) is 6. The Morgan fingerprint density at radius 3 is 1.22 bits per heavy atom. The van der Waals surface area contributed by atoms with Crippen LogP contribution in [0, 0.1) is 11.8 Å². The lowest BCUT2D eigenvalue weighted by Crippen LogP contribution is -2.59. The van der Waals surface area contributed by atoms with Gasteiger partial charge in [0.25, 0.3) is 0 Å². The number of hydrogen-bond acceptors (Lipinski definition) is 26. The van der Waals surface area contributed by atoms with Crippen LogP contribution in [0.25, 0.3) is 21.8 Å². The number of para-hydroxylation sites is 2. The van der Waals surface area contributed by atoms with E-state index < -0.39 is 229 Å². The van der Waals surface area contributed by atoms with Gasteiger partial charge in [-0.1, -0.05) is 62.1 Å². The minimum Gasteiger partial charge on any atom is -0.387 e. The zero-order valence-electron chi connectivity index (χ0n) is 82.1. The molecule has 6 aliphatic heterocycles. The third-order valence-corrected chi connectivity index (χ3v) is 27.9. The van der Waals surface area contributed by atoms with Crippen LogP contribution in [0.15, 0.2) is 60.9 Å². The number of unbranched alkanes of at least 4 members (excludes halogenated alkanes) is 2. The molecule has 0 saturated carbocycles. The molecule has 6 saturated heterocycles. The van der Waals surface area contributed by atoms with Gasteiger partial charge in [-0.05, 0) is 207 Å². The van der Waals surface area contributed by atoms with E-state index in [0.717, 1.165) is 32.9 Å². The first-order chi connectivity index (χ1) is 67.8. The standard InChI is InChI=1S/C49H72N10O11S2.C49H72N10O11/c1-57(2)19-9-8-14-33-41(62)23-29(22-30-25-51-32-13-7-6-12-31(30)32)45(66)56-36(27-71)40(61)18-5-3-4-15-34(54-48(69)39-17-11-20-58(39)43(64)26-60)46(67)55-35(24-42(63)52-37(28-72)47(68)53-33)49(70)59-21-10-16-38(59)44(50)65;1-29-40(61)20-7-5-6-17-36(55-48(69)39-19-13-22-58(39)43(64)28-60)47(68)56-37(49(70)59-23-12-18-38(59)44(50)65)26-42(63)52-30(2)45(66)54-35(16-10-11-21-57(3)4)41(62)25-31(46(67)53-29)24-32-27-51-34-15-9-8-14-33(32)34/h6-7,12-13,25,29,33-39,51,60,71-72H,3-5,8-11,14-24,26-28H2,1-2H3,(H2,50,65)(H,52,63)(H,53,68)(H,54,69)(H,55,67)(H,56,66);8-9,14-15,27,29-31,35-39,51,60H,5-7,10-13,16-26,28H2,1-4H3,(H2,50,65)(H,52,63)(H,53,67)(H,54,66)(H,55,69)(H,56,68)/t29-,33?,34+,35+,36+,37+,38+,39+;29-,30-,31+,35?,36-,37-,38-,39-/m10/s1. The van der Waals surface area contributed by atoms with Gasteiger partial charge in [-0.3, -0.25) is 95.9 Å². The van der Waals surface area contributed by atoms with Crippen LogP contribution in [-0.2, 0) is 109 Å². The van der Waals surface area contributed by atoms with Crippen molar-refractivity contribution in [3.05, 3.63) is 72.1 Å². The maximum absolute atomic E-state index is 14.5. The molecule has 0 spiro atoms. The zero-order chi connectivity index (χ0) is 104. The number of benzene rings is 2. The fourth-order valence-corrected chi connectivity index (χ4v) is 19.8. The summed E-state index contributed by atoms with van der Waals surface area (Å²) < 4.78 is 0. The number of fused-ring (bicyclic) bond motifs is 2. The molecule has 4 aromatic rings. The second kappa shape index (κ2) is 56.3. The number of nitrogens with two attached hydrogens (primary N) is 2. The predicted molar refractivity (Wildman–Crippen MR) is 530 cm³/mol. The molecule has 0 aliphatic carbocycles. The largest absolute Gasteiger partial charge is 0.387 e. The van der Waals surface area contributed by atoms with Crippen LogP contribution in [0.5, 0.6) is 0 Å². The van der Waals surface area contributed by atoms with Crippen LogP contribution in [0.3, 0.4) is 0 Å². The minimum absolute atomic E-state index is 0.0104. The maximum atomic E-state index is 14.5. The number of nitrogens with one attached hydrogen (secondary N) is 12. The van der Waals surface area contributed by atoms with Crippen LogP contribution in [0.1, 0.15) is 205 Å². The van der Waals surface area contributed by atoms with E-state index in [1.807, 2.05) is 86.5 Å². The molecule has 44 heteroatoms. The van der Waals surface area contributed by atoms with Gasteiger partial charge in [-0.15, -0.1) is 0 Å². The van der Waals surface area contributed by atoms with Crippen LogP contribution >= 0.6 is 25.3 Å². The van der Waals surface area contributed by atoms with Crippen molar-refractivity contribution < 1.29 is 106 Å². The van der Waals surface area contributed by atoms with Crippen molar-refractivity contribution in [1.29, 1.82) is 0 Å². The summed E-state index contributed by atoms with van der Waals surface area (Å²) in [7, 11) is 7.65. The number of aliphatic hydroxyl groups is 2. The molecule has 16 amide bonds. The highest BCUT2D eigenvalue weighted by molar-refractivity contribution is 7.80. The SMILES string of the molecule is CN(C)CCCCC1NC(=O)[C@H](CS)NC(=O)C[C@@H](C(=O)N2CCC[C@H]2C(N)=O)NC(=O)[C@@H](NC(=O)[C@@H]2CCCN2C(=O)CO)CCCCCC(=O)[C@H](CS)NC(=O)[C@H](Cc2c[nH]c3ccccc23)CC1=O.C[C@@H]1NC(=O)[C@H](Cc2c[nH]c3ccccc23)CC(=O)C(CCCCN(C)C)NC(=O)[C@H](C)NC(=O)C[C@@H](C(=O)N2CCC[C@H]2C(N)=O)NC(=O)[C@@H](NC(=O)[C@@H]2CCCN2C(=O)CO)CCCCCC1=O. The van der Waals surface area contributed by atoms with Crippen LogP contribution in [-0.4, -0.2) is 344 Å². The summed E-state index contributed by atoms with van der Waals surface area (Å²) in [5.74, 6) is -15.4. The Morgan fingerprint density at radius 2 is 0.796 bits per heavy atom.